The zero-order valence-corrected chi connectivity index (χ0v) is 37.7. The molecule has 0 saturated heterocycles. The SMILES string of the molecule is CCCCCC[C@@H](C)Cc1c(C)sc(C)c1C[C@H](C)CCCCCC.CCCCCC[C@H](C)Cc1c(C)sc(C)c1C[C@@H](C)CCCCCC. The molecular weight excluding hydrogens is 641 g/mol. The van der Waals surface area contributed by atoms with Crippen LogP contribution in [0.5, 0.6) is 0 Å². The number of unbranched alkanes of at least 4 members (excludes halogenated alkanes) is 12. The highest BCUT2D eigenvalue weighted by Gasteiger charge is 2.19. The molecule has 0 radical (unpaired) electrons. The van der Waals surface area contributed by atoms with Gasteiger partial charge in [0.25, 0.3) is 0 Å². The third-order valence-corrected chi connectivity index (χ3v) is 13.7. The zero-order valence-electron chi connectivity index (χ0n) is 36.1. The van der Waals surface area contributed by atoms with Crippen LogP contribution in [0.4, 0.5) is 0 Å². The molecule has 0 amide bonds. The molecule has 0 aliphatic carbocycles. The average Bonchev–Trinajstić information content (AvgIpc) is 3.48. The first kappa shape index (κ1) is 47.4. The molecule has 2 aromatic heterocycles. The highest BCUT2D eigenvalue weighted by atomic mass is 32.1. The number of hydrogen-bond acceptors (Lipinski definition) is 2. The Kier molecular flexibility index (Phi) is 27.4. The molecule has 0 spiro atoms. The third kappa shape index (κ3) is 20.0. The smallest absolute Gasteiger partial charge is 0.00519 e. The normalized spacial score (nSPS) is 14.0. The quantitative estimate of drug-likeness (QED) is 0.0765. The Morgan fingerprint density at radius 2 is 0.520 bits per heavy atom. The molecule has 0 bridgehead atoms. The van der Waals surface area contributed by atoms with Crippen LogP contribution in [0.2, 0.25) is 0 Å². The lowest BCUT2D eigenvalue weighted by atomic mass is 9.88. The van der Waals surface area contributed by atoms with Crippen molar-refractivity contribution in [3.8, 4) is 0 Å². The molecule has 2 aromatic rings. The van der Waals surface area contributed by atoms with Gasteiger partial charge in [0.2, 0.25) is 0 Å². The van der Waals surface area contributed by atoms with Crippen LogP contribution >= 0.6 is 22.7 Å². The summed E-state index contributed by atoms with van der Waals surface area (Å²) in [7, 11) is 0. The summed E-state index contributed by atoms with van der Waals surface area (Å²) in [6, 6.07) is 0. The van der Waals surface area contributed by atoms with Crippen molar-refractivity contribution in [3.63, 3.8) is 0 Å². The summed E-state index contributed by atoms with van der Waals surface area (Å²) in [5.41, 5.74) is 6.86. The van der Waals surface area contributed by atoms with Crippen LogP contribution in [-0.2, 0) is 25.7 Å². The van der Waals surface area contributed by atoms with E-state index >= 15 is 0 Å². The number of aryl methyl sites for hydroxylation is 4. The largest absolute Gasteiger partial charge is 0.145 e. The standard InChI is InChI=1S/2C24H44S/c2*1-7-9-11-13-15-19(3)17-23-21(5)25-22(6)24(23)18-20(4)16-14-12-10-8-2/h2*19-20H,7-18H2,1-6H3/t2*19-,20-/m10/s1. The van der Waals surface area contributed by atoms with Crippen molar-refractivity contribution in [2.24, 2.45) is 23.7 Å². The van der Waals surface area contributed by atoms with Gasteiger partial charge in [0.05, 0.1) is 0 Å². The maximum absolute atomic E-state index is 2.47. The number of rotatable bonds is 28. The fraction of sp³-hybridized carbons (Fsp3) is 0.833. The summed E-state index contributed by atoms with van der Waals surface area (Å²) in [5, 5.41) is 0. The van der Waals surface area contributed by atoms with E-state index in [1.807, 2.05) is 22.7 Å². The van der Waals surface area contributed by atoms with Crippen molar-refractivity contribution in [3.05, 3.63) is 41.8 Å². The predicted octanol–water partition coefficient (Wildman–Crippen LogP) is 17.3. The molecule has 0 aliphatic rings. The molecule has 2 heteroatoms. The van der Waals surface area contributed by atoms with E-state index in [0.717, 1.165) is 23.7 Å². The second-order valence-corrected chi connectivity index (χ2v) is 19.8. The van der Waals surface area contributed by atoms with Crippen molar-refractivity contribution in [2.75, 3.05) is 0 Å². The second kappa shape index (κ2) is 28.8. The lowest BCUT2D eigenvalue weighted by Gasteiger charge is -2.16. The van der Waals surface area contributed by atoms with Crippen LogP contribution in [0.25, 0.3) is 0 Å². The first-order chi connectivity index (χ1) is 24.0. The van der Waals surface area contributed by atoms with Gasteiger partial charge in [0.15, 0.2) is 0 Å². The molecule has 292 valence electrons. The molecule has 2 heterocycles. The first-order valence-electron chi connectivity index (χ1n) is 22.1. The van der Waals surface area contributed by atoms with Gasteiger partial charge in [0.1, 0.15) is 0 Å². The van der Waals surface area contributed by atoms with Gasteiger partial charge in [-0.3, -0.25) is 0 Å². The van der Waals surface area contributed by atoms with Crippen LogP contribution in [-0.4, -0.2) is 0 Å². The topological polar surface area (TPSA) is 0 Å². The maximum Gasteiger partial charge on any atom is 0.00519 e. The summed E-state index contributed by atoms with van der Waals surface area (Å²) in [5.74, 6) is 3.35. The Morgan fingerprint density at radius 1 is 0.320 bits per heavy atom. The predicted molar refractivity (Wildman–Crippen MR) is 234 cm³/mol. The molecule has 0 aromatic carbocycles. The molecule has 0 saturated carbocycles. The Labute approximate surface area is 323 Å². The van der Waals surface area contributed by atoms with Crippen LogP contribution < -0.4 is 0 Å². The fourth-order valence-corrected chi connectivity index (χ4v) is 10.3. The molecular formula is C48H88S2. The summed E-state index contributed by atoms with van der Waals surface area (Å²) >= 11 is 4.09. The van der Waals surface area contributed by atoms with E-state index in [1.165, 1.54) is 154 Å². The van der Waals surface area contributed by atoms with E-state index in [4.69, 9.17) is 0 Å². The van der Waals surface area contributed by atoms with Crippen molar-refractivity contribution >= 4 is 22.7 Å². The molecule has 0 aliphatic heterocycles. The van der Waals surface area contributed by atoms with Gasteiger partial charge in [-0.2, -0.15) is 0 Å². The van der Waals surface area contributed by atoms with Crippen molar-refractivity contribution in [2.45, 2.75) is 237 Å². The van der Waals surface area contributed by atoms with E-state index in [0.29, 0.717) is 0 Å². The molecule has 0 nitrogen and oxygen atoms in total. The average molecular weight is 729 g/mol. The van der Waals surface area contributed by atoms with Gasteiger partial charge in [-0.05, 0) is 99.3 Å². The maximum atomic E-state index is 2.47. The Hall–Kier alpha value is -0.600. The van der Waals surface area contributed by atoms with E-state index in [-0.39, 0.29) is 0 Å². The third-order valence-electron chi connectivity index (χ3n) is 11.5. The summed E-state index contributed by atoms with van der Waals surface area (Å²) in [6.07, 6.45) is 33.2. The summed E-state index contributed by atoms with van der Waals surface area (Å²) < 4.78 is 0. The monoisotopic (exact) mass is 729 g/mol. The first-order valence-corrected chi connectivity index (χ1v) is 23.8. The molecule has 2 rings (SSSR count). The zero-order chi connectivity index (χ0) is 37.3. The Bertz CT molecular complexity index is 919. The molecule has 4 atom stereocenters. The van der Waals surface area contributed by atoms with Gasteiger partial charge < -0.3 is 0 Å². The van der Waals surface area contributed by atoms with E-state index in [1.54, 1.807) is 41.8 Å². The van der Waals surface area contributed by atoms with Crippen molar-refractivity contribution < 1.29 is 0 Å². The fourth-order valence-electron chi connectivity index (χ4n) is 8.10. The minimum Gasteiger partial charge on any atom is -0.145 e. The van der Waals surface area contributed by atoms with Crippen molar-refractivity contribution in [1.82, 2.24) is 0 Å². The van der Waals surface area contributed by atoms with Gasteiger partial charge in [0, 0.05) is 19.5 Å². The molecule has 0 N–H and O–H groups in total. The minimum atomic E-state index is 0.836. The van der Waals surface area contributed by atoms with Crippen LogP contribution in [0.1, 0.15) is 226 Å². The van der Waals surface area contributed by atoms with E-state index in [2.05, 4.69) is 83.1 Å². The lowest BCUT2D eigenvalue weighted by Crippen LogP contribution is -2.07. The highest BCUT2D eigenvalue weighted by Crippen LogP contribution is 2.34. The van der Waals surface area contributed by atoms with E-state index in [9.17, 15) is 0 Å². The second-order valence-electron chi connectivity index (χ2n) is 17.0. The van der Waals surface area contributed by atoms with Gasteiger partial charge in [-0.25, -0.2) is 0 Å². The molecule has 50 heavy (non-hydrogen) atoms. The molecule has 0 unspecified atom stereocenters. The number of thiophene rings is 2. The van der Waals surface area contributed by atoms with Crippen LogP contribution in [0, 0.1) is 51.4 Å². The molecule has 0 fully saturated rings. The Balaban J connectivity index is 0.000000500. The lowest BCUT2D eigenvalue weighted by molar-refractivity contribution is 0.473. The highest BCUT2D eigenvalue weighted by molar-refractivity contribution is 7.12. The van der Waals surface area contributed by atoms with E-state index < -0.39 is 0 Å². The van der Waals surface area contributed by atoms with Crippen LogP contribution in [0.3, 0.4) is 0 Å². The van der Waals surface area contributed by atoms with Gasteiger partial charge in [-0.1, -0.05) is 184 Å². The van der Waals surface area contributed by atoms with Crippen molar-refractivity contribution in [1.29, 1.82) is 0 Å². The van der Waals surface area contributed by atoms with Crippen LogP contribution in [0.15, 0.2) is 0 Å². The van der Waals surface area contributed by atoms with Gasteiger partial charge >= 0.3 is 0 Å². The Morgan fingerprint density at radius 3 is 0.700 bits per heavy atom. The van der Waals surface area contributed by atoms with Gasteiger partial charge in [-0.15, -0.1) is 22.7 Å². The minimum absolute atomic E-state index is 0.836. The number of hydrogen-bond donors (Lipinski definition) is 0. The summed E-state index contributed by atoms with van der Waals surface area (Å²) in [6.45, 7) is 28.5. The summed E-state index contributed by atoms with van der Waals surface area (Å²) in [4.78, 5) is 6.36.